The molecule has 1 N–H and O–H groups in total. The molecular weight excluding hydrogens is 490 g/mol. The number of nitrogens with zero attached hydrogens (tertiary/aromatic N) is 2. The summed E-state index contributed by atoms with van der Waals surface area (Å²) < 4.78 is 33.7. The average molecular weight is 514 g/mol. The molecule has 2 amide bonds. The maximum absolute atomic E-state index is 13.3. The zero-order valence-electron chi connectivity index (χ0n) is 19.6. The Morgan fingerprint density at radius 3 is 2.20 bits per heavy atom. The van der Waals surface area contributed by atoms with Crippen molar-refractivity contribution in [1.82, 2.24) is 9.88 Å². The van der Waals surface area contributed by atoms with Gasteiger partial charge in [-0.05, 0) is 40.8 Å². The molecule has 182 valence electrons. The average Bonchev–Trinajstić information content (AvgIpc) is 3.07. The fourth-order valence-electron chi connectivity index (χ4n) is 3.74. The zero-order valence-corrected chi connectivity index (χ0v) is 21.2. The first-order chi connectivity index (χ1) is 16.4. The number of amides is 2. The highest BCUT2D eigenvalue weighted by atomic mass is 35.5. The standard InChI is InChI=1S/C25H24ClN3O5S/c1-25(2,3)16-6-8-17(9-7-16)35(32,33)28-19-11-10-18(26)21-22(19)24(31)29(23(21)30)14-15-5-12-20(34-4)27-13-15/h5-13,28H,14H2,1-4H3. The van der Waals surface area contributed by atoms with Crippen molar-refractivity contribution in [3.05, 3.63) is 82.0 Å². The summed E-state index contributed by atoms with van der Waals surface area (Å²) in [5.41, 5.74) is 1.30. The number of aromatic nitrogens is 1. The predicted molar refractivity (Wildman–Crippen MR) is 132 cm³/mol. The molecule has 0 unspecified atom stereocenters. The van der Waals surface area contributed by atoms with E-state index in [0.717, 1.165) is 10.5 Å². The molecule has 2 heterocycles. The normalized spacial score (nSPS) is 13.7. The highest BCUT2D eigenvalue weighted by Gasteiger charge is 2.40. The zero-order chi connectivity index (χ0) is 25.5. The van der Waals surface area contributed by atoms with E-state index in [-0.39, 0.29) is 38.7 Å². The van der Waals surface area contributed by atoms with Gasteiger partial charge in [-0.1, -0.05) is 50.6 Å². The largest absolute Gasteiger partial charge is 0.481 e. The predicted octanol–water partition coefficient (Wildman–Crippen LogP) is 4.64. The third-order valence-electron chi connectivity index (χ3n) is 5.69. The van der Waals surface area contributed by atoms with Crippen LogP contribution in [-0.4, -0.2) is 37.2 Å². The molecule has 4 rings (SSSR count). The molecule has 2 aromatic carbocycles. The Morgan fingerprint density at radius 1 is 0.971 bits per heavy atom. The topological polar surface area (TPSA) is 106 Å². The van der Waals surface area contributed by atoms with Crippen LogP contribution in [0.1, 0.15) is 52.6 Å². The molecule has 0 aliphatic carbocycles. The first-order valence-corrected chi connectivity index (χ1v) is 12.6. The van der Waals surface area contributed by atoms with Crippen molar-refractivity contribution in [2.45, 2.75) is 37.6 Å². The summed E-state index contributed by atoms with van der Waals surface area (Å²) in [6, 6.07) is 12.6. The molecule has 8 nitrogen and oxygen atoms in total. The van der Waals surface area contributed by atoms with Gasteiger partial charge in [-0.2, -0.15) is 0 Å². The van der Waals surface area contributed by atoms with E-state index < -0.39 is 21.8 Å². The van der Waals surface area contributed by atoms with Crippen LogP contribution in [-0.2, 0) is 22.0 Å². The lowest BCUT2D eigenvalue weighted by molar-refractivity contribution is 0.0642. The Hall–Kier alpha value is -3.43. The second-order valence-corrected chi connectivity index (χ2v) is 11.2. The van der Waals surface area contributed by atoms with Crippen molar-refractivity contribution in [2.24, 2.45) is 0 Å². The number of carbonyl (C=O) groups excluding carboxylic acids is 2. The molecule has 1 aliphatic heterocycles. The molecule has 0 saturated heterocycles. The highest BCUT2D eigenvalue weighted by Crippen LogP contribution is 2.36. The number of nitrogens with one attached hydrogen (secondary N) is 1. The number of fused-ring (bicyclic) bond motifs is 1. The van der Waals surface area contributed by atoms with Gasteiger partial charge in [0.15, 0.2) is 0 Å². The minimum atomic E-state index is -4.03. The van der Waals surface area contributed by atoms with Gasteiger partial charge >= 0.3 is 0 Å². The third-order valence-corrected chi connectivity index (χ3v) is 7.39. The van der Waals surface area contributed by atoms with Crippen molar-refractivity contribution in [3.8, 4) is 5.88 Å². The molecule has 0 bridgehead atoms. The molecule has 0 radical (unpaired) electrons. The number of anilines is 1. The van der Waals surface area contributed by atoms with Gasteiger partial charge in [-0.15, -0.1) is 0 Å². The van der Waals surface area contributed by atoms with Crippen LogP contribution in [0.15, 0.2) is 59.6 Å². The monoisotopic (exact) mass is 513 g/mol. The fourth-order valence-corrected chi connectivity index (χ4v) is 5.05. The summed E-state index contributed by atoms with van der Waals surface area (Å²) >= 11 is 6.25. The molecule has 0 spiro atoms. The molecule has 10 heteroatoms. The lowest BCUT2D eigenvalue weighted by Crippen LogP contribution is -2.29. The maximum atomic E-state index is 13.3. The molecule has 3 aromatic rings. The van der Waals surface area contributed by atoms with E-state index in [1.165, 1.54) is 37.6 Å². The smallest absolute Gasteiger partial charge is 0.264 e. The van der Waals surface area contributed by atoms with Crippen LogP contribution in [0.5, 0.6) is 5.88 Å². The van der Waals surface area contributed by atoms with Crippen LogP contribution in [0, 0.1) is 0 Å². The van der Waals surface area contributed by atoms with Crippen molar-refractivity contribution in [1.29, 1.82) is 0 Å². The van der Waals surface area contributed by atoms with Gasteiger partial charge in [-0.3, -0.25) is 19.2 Å². The van der Waals surface area contributed by atoms with Crippen molar-refractivity contribution >= 4 is 39.1 Å². The lowest BCUT2D eigenvalue weighted by Gasteiger charge is -2.19. The molecule has 1 aliphatic rings. The van der Waals surface area contributed by atoms with Crippen molar-refractivity contribution < 1.29 is 22.7 Å². The minimum Gasteiger partial charge on any atom is -0.481 e. The van der Waals surface area contributed by atoms with Crippen LogP contribution in [0.3, 0.4) is 0 Å². The van der Waals surface area contributed by atoms with E-state index >= 15 is 0 Å². The van der Waals surface area contributed by atoms with Crippen LogP contribution >= 0.6 is 11.6 Å². The summed E-state index contributed by atoms with van der Waals surface area (Å²) in [7, 11) is -2.55. The Labute approximate surface area is 208 Å². The highest BCUT2D eigenvalue weighted by molar-refractivity contribution is 7.92. The van der Waals surface area contributed by atoms with Crippen LogP contribution < -0.4 is 9.46 Å². The number of ether oxygens (including phenoxy) is 1. The van der Waals surface area contributed by atoms with E-state index in [1.807, 2.05) is 20.8 Å². The van der Waals surface area contributed by atoms with Gasteiger partial charge in [0.25, 0.3) is 21.8 Å². The number of imide groups is 1. The SMILES string of the molecule is COc1ccc(CN2C(=O)c3c(Cl)ccc(NS(=O)(=O)c4ccc(C(C)(C)C)cc4)c3C2=O)cn1. The molecule has 0 saturated carbocycles. The van der Waals surface area contributed by atoms with Crippen LogP contribution in [0.25, 0.3) is 0 Å². The summed E-state index contributed by atoms with van der Waals surface area (Å²) in [4.78, 5) is 31.5. The number of hydrogen-bond acceptors (Lipinski definition) is 6. The van der Waals surface area contributed by atoms with Gasteiger partial charge in [0.05, 0.1) is 40.4 Å². The van der Waals surface area contributed by atoms with Gasteiger partial charge < -0.3 is 4.74 Å². The number of hydrogen-bond donors (Lipinski definition) is 1. The number of benzene rings is 2. The third kappa shape index (κ3) is 4.74. The quantitative estimate of drug-likeness (QED) is 0.481. The number of methoxy groups -OCH3 is 1. The first-order valence-electron chi connectivity index (χ1n) is 10.7. The number of halogens is 1. The van der Waals surface area contributed by atoms with E-state index in [9.17, 15) is 18.0 Å². The first kappa shape index (κ1) is 24.7. The van der Waals surface area contributed by atoms with Crippen LogP contribution in [0.2, 0.25) is 5.02 Å². The summed E-state index contributed by atoms with van der Waals surface area (Å²) in [5.74, 6) is -0.864. The maximum Gasteiger partial charge on any atom is 0.264 e. The van der Waals surface area contributed by atoms with E-state index in [2.05, 4.69) is 9.71 Å². The Morgan fingerprint density at radius 2 is 1.63 bits per heavy atom. The summed E-state index contributed by atoms with van der Waals surface area (Å²) in [5, 5.41) is 0.0613. The van der Waals surface area contributed by atoms with Gasteiger partial charge in [-0.25, -0.2) is 13.4 Å². The minimum absolute atomic E-state index is 0.0157. The Balaban J connectivity index is 1.65. The number of pyridine rings is 1. The second kappa shape index (κ2) is 8.98. The molecule has 0 fully saturated rings. The molecular formula is C25H24ClN3O5S. The Kier molecular flexibility index (Phi) is 6.33. The lowest BCUT2D eigenvalue weighted by atomic mass is 9.87. The second-order valence-electron chi connectivity index (χ2n) is 9.13. The van der Waals surface area contributed by atoms with Crippen molar-refractivity contribution in [3.63, 3.8) is 0 Å². The summed E-state index contributed by atoms with van der Waals surface area (Å²) in [6.07, 6.45) is 1.49. The van der Waals surface area contributed by atoms with E-state index in [1.54, 1.807) is 24.3 Å². The molecule has 35 heavy (non-hydrogen) atoms. The number of sulfonamides is 1. The van der Waals surface area contributed by atoms with Crippen LogP contribution in [0.4, 0.5) is 5.69 Å². The van der Waals surface area contributed by atoms with E-state index in [0.29, 0.717) is 11.4 Å². The summed E-state index contributed by atoms with van der Waals surface area (Å²) in [6.45, 7) is 6.03. The molecule has 1 aromatic heterocycles. The van der Waals surface area contributed by atoms with Gasteiger partial charge in [0.2, 0.25) is 5.88 Å². The number of rotatable bonds is 6. The number of carbonyl (C=O) groups is 2. The van der Waals surface area contributed by atoms with Gasteiger partial charge in [0, 0.05) is 12.3 Å². The van der Waals surface area contributed by atoms with E-state index in [4.69, 9.17) is 16.3 Å². The Bertz CT molecular complexity index is 1410. The van der Waals surface area contributed by atoms with Crippen molar-refractivity contribution in [2.75, 3.05) is 11.8 Å². The fraction of sp³-hybridized carbons (Fsp3) is 0.240. The molecule has 0 atom stereocenters. The van der Waals surface area contributed by atoms with Gasteiger partial charge in [0.1, 0.15) is 0 Å².